The number of aromatic nitrogens is 1. The van der Waals surface area contributed by atoms with E-state index < -0.39 is 0 Å². The lowest BCUT2D eigenvalue weighted by Gasteiger charge is -2.60. The van der Waals surface area contributed by atoms with Gasteiger partial charge in [-0.25, -0.2) is 15.3 Å². The first-order valence-electron chi connectivity index (χ1n) is 12.0. The highest BCUT2D eigenvalue weighted by atomic mass is 16.5. The predicted molar refractivity (Wildman–Crippen MR) is 122 cm³/mol. The minimum absolute atomic E-state index is 0.0445. The van der Waals surface area contributed by atoms with Gasteiger partial charge in [0, 0.05) is 43.3 Å². The molecule has 0 bridgehead atoms. The lowest BCUT2D eigenvalue weighted by atomic mass is 9.84. The molecule has 4 rings (SSSR count). The van der Waals surface area contributed by atoms with Crippen LogP contribution in [0.1, 0.15) is 70.5 Å². The summed E-state index contributed by atoms with van der Waals surface area (Å²) in [4.78, 5) is 4.72. The third-order valence-electron chi connectivity index (χ3n) is 6.62. The van der Waals surface area contributed by atoms with E-state index in [2.05, 4.69) is 48.1 Å². The normalized spacial score (nSPS) is 24.6. The Kier molecular flexibility index (Phi) is 7.37. The van der Waals surface area contributed by atoms with Gasteiger partial charge in [0.1, 0.15) is 11.8 Å². The van der Waals surface area contributed by atoms with Gasteiger partial charge in [0.2, 0.25) is 0 Å². The molecule has 2 aliphatic heterocycles. The summed E-state index contributed by atoms with van der Waals surface area (Å²) in [5, 5.41) is 11.5. The molecule has 3 heterocycles. The Morgan fingerprint density at radius 3 is 2.57 bits per heavy atom. The molecule has 163 valence electrons. The fourth-order valence-electron chi connectivity index (χ4n) is 4.92. The third kappa shape index (κ3) is 4.40. The van der Waals surface area contributed by atoms with Crippen molar-refractivity contribution in [3.8, 4) is 0 Å². The molecule has 0 aliphatic carbocycles. The molecule has 1 aromatic carbocycles. The number of unbranched alkanes of at least 4 members (excludes halogenated alkanes) is 4. The fourth-order valence-corrected chi connectivity index (χ4v) is 4.92. The molecule has 30 heavy (non-hydrogen) atoms. The standard InChI is InChI=1S/C25H37N4O/c1-3-5-9-15-28(16-10-6-4-2)29-17-13-25(29)24(30-18-14-27-25)22-19-21-11-7-8-12-23(21)26-20-22/h7-8,11-12,19-20,24H,3-6,9-10,13-18H2,1-2H3. The number of morpholine rings is 1. The second-order valence-corrected chi connectivity index (χ2v) is 8.71. The fraction of sp³-hybridized carbons (Fsp3) is 0.640. The van der Waals surface area contributed by atoms with Crippen LogP contribution < -0.4 is 5.32 Å². The number of nitrogens with zero attached hydrogens (tertiary/aromatic N) is 4. The first kappa shape index (κ1) is 21.7. The van der Waals surface area contributed by atoms with Crippen LogP contribution in [0, 0.1) is 0 Å². The van der Waals surface area contributed by atoms with Crippen molar-refractivity contribution in [3.63, 3.8) is 0 Å². The average Bonchev–Trinajstić information content (AvgIpc) is 2.78. The van der Waals surface area contributed by atoms with Crippen molar-refractivity contribution in [3.05, 3.63) is 42.1 Å². The van der Waals surface area contributed by atoms with Crippen LogP contribution in [0.4, 0.5) is 0 Å². The molecule has 2 aromatic rings. The van der Waals surface area contributed by atoms with E-state index in [1.54, 1.807) is 0 Å². The number of hydrogen-bond acceptors (Lipinski definition) is 4. The molecule has 2 unspecified atom stereocenters. The van der Waals surface area contributed by atoms with Crippen LogP contribution in [0.25, 0.3) is 10.9 Å². The smallest absolute Gasteiger partial charge is 0.132 e. The van der Waals surface area contributed by atoms with Gasteiger partial charge < -0.3 is 4.74 Å². The lowest BCUT2D eigenvalue weighted by molar-refractivity contribution is -0.259. The van der Waals surface area contributed by atoms with E-state index in [4.69, 9.17) is 15.0 Å². The van der Waals surface area contributed by atoms with Crippen molar-refractivity contribution in [2.24, 2.45) is 0 Å². The second kappa shape index (κ2) is 10.2. The molecular weight excluding hydrogens is 372 g/mol. The van der Waals surface area contributed by atoms with Crippen LogP contribution in [0.5, 0.6) is 0 Å². The highest BCUT2D eigenvalue weighted by molar-refractivity contribution is 5.78. The number of para-hydroxylation sites is 1. The van der Waals surface area contributed by atoms with Gasteiger partial charge in [0.15, 0.2) is 0 Å². The summed E-state index contributed by atoms with van der Waals surface area (Å²) in [6, 6.07) is 10.6. The molecule has 1 spiro atoms. The van der Waals surface area contributed by atoms with Crippen molar-refractivity contribution in [2.75, 3.05) is 32.8 Å². The minimum atomic E-state index is -0.263. The number of ether oxygens (including phenoxy) is 1. The Hall–Kier alpha value is -1.53. The first-order valence-corrected chi connectivity index (χ1v) is 12.0. The Bertz CT molecular complexity index is 803. The summed E-state index contributed by atoms with van der Waals surface area (Å²) in [5.41, 5.74) is 1.93. The lowest BCUT2D eigenvalue weighted by Crippen LogP contribution is -2.74. The van der Waals surface area contributed by atoms with E-state index in [0.717, 1.165) is 43.7 Å². The molecule has 0 amide bonds. The van der Waals surface area contributed by atoms with E-state index >= 15 is 0 Å². The van der Waals surface area contributed by atoms with Crippen LogP contribution in [0.2, 0.25) is 0 Å². The second-order valence-electron chi connectivity index (χ2n) is 8.71. The topological polar surface area (TPSA) is 42.7 Å². The highest BCUT2D eigenvalue weighted by Gasteiger charge is 2.56. The zero-order valence-electron chi connectivity index (χ0n) is 18.7. The van der Waals surface area contributed by atoms with E-state index in [-0.39, 0.29) is 11.8 Å². The minimum Gasteiger partial charge on any atom is -0.369 e. The Balaban J connectivity index is 1.58. The van der Waals surface area contributed by atoms with Crippen molar-refractivity contribution in [1.29, 1.82) is 0 Å². The maximum atomic E-state index is 6.40. The first-order chi connectivity index (χ1) is 14.8. The number of pyridine rings is 1. The van der Waals surface area contributed by atoms with Crippen LogP contribution in [-0.4, -0.2) is 53.5 Å². The molecule has 5 heteroatoms. The van der Waals surface area contributed by atoms with Gasteiger partial charge in [0.05, 0.1) is 12.1 Å². The Labute approximate surface area is 181 Å². The number of hydrazine groups is 1. The molecule has 1 aromatic heterocycles. The van der Waals surface area contributed by atoms with E-state index in [9.17, 15) is 0 Å². The largest absolute Gasteiger partial charge is 0.369 e. The van der Waals surface area contributed by atoms with Crippen LogP contribution in [0.3, 0.4) is 0 Å². The zero-order chi connectivity index (χ0) is 20.8. The summed E-state index contributed by atoms with van der Waals surface area (Å²) in [5.74, 6) is 0. The van der Waals surface area contributed by atoms with E-state index in [1.165, 1.54) is 43.9 Å². The molecule has 2 fully saturated rings. The SMILES string of the molecule is CCCCCN(CCCCC)N1CCC12[N]CCOC2c1cnc2ccccc2c1. The van der Waals surface area contributed by atoms with Gasteiger partial charge in [-0.1, -0.05) is 57.7 Å². The summed E-state index contributed by atoms with van der Waals surface area (Å²) in [6.07, 6.45) is 10.6. The van der Waals surface area contributed by atoms with Crippen molar-refractivity contribution < 1.29 is 4.74 Å². The van der Waals surface area contributed by atoms with Crippen LogP contribution >= 0.6 is 0 Å². The zero-order valence-corrected chi connectivity index (χ0v) is 18.7. The van der Waals surface area contributed by atoms with E-state index in [1.807, 2.05) is 12.3 Å². The maximum Gasteiger partial charge on any atom is 0.132 e. The van der Waals surface area contributed by atoms with Crippen LogP contribution in [0.15, 0.2) is 36.5 Å². The van der Waals surface area contributed by atoms with Gasteiger partial charge in [-0.15, -0.1) is 0 Å². The molecule has 5 nitrogen and oxygen atoms in total. The van der Waals surface area contributed by atoms with Crippen molar-refractivity contribution >= 4 is 10.9 Å². The van der Waals surface area contributed by atoms with Gasteiger partial charge in [-0.05, 0) is 31.4 Å². The van der Waals surface area contributed by atoms with Gasteiger partial charge >= 0.3 is 0 Å². The summed E-state index contributed by atoms with van der Waals surface area (Å²) in [6.45, 7) is 9.35. The summed E-state index contributed by atoms with van der Waals surface area (Å²) in [7, 11) is 0. The van der Waals surface area contributed by atoms with E-state index in [0.29, 0.717) is 6.61 Å². The molecule has 1 radical (unpaired) electrons. The molecule has 2 aliphatic rings. The van der Waals surface area contributed by atoms with Crippen LogP contribution in [-0.2, 0) is 4.74 Å². The quantitative estimate of drug-likeness (QED) is 0.523. The Morgan fingerprint density at radius 1 is 1.10 bits per heavy atom. The molecule has 0 saturated carbocycles. The van der Waals surface area contributed by atoms with Gasteiger partial charge in [0.25, 0.3) is 0 Å². The monoisotopic (exact) mass is 409 g/mol. The number of hydrogen-bond donors (Lipinski definition) is 0. The molecular formula is C25H37N4O. The number of benzene rings is 1. The maximum absolute atomic E-state index is 6.40. The summed E-state index contributed by atoms with van der Waals surface area (Å²) < 4.78 is 6.40. The molecule has 2 atom stereocenters. The molecule has 0 N–H and O–H groups in total. The highest BCUT2D eigenvalue weighted by Crippen LogP contribution is 2.45. The van der Waals surface area contributed by atoms with Crippen molar-refractivity contribution in [1.82, 2.24) is 20.3 Å². The average molecular weight is 410 g/mol. The summed E-state index contributed by atoms with van der Waals surface area (Å²) >= 11 is 0. The van der Waals surface area contributed by atoms with Gasteiger partial charge in [-0.2, -0.15) is 0 Å². The number of rotatable bonds is 10. The Morgan fingerprint density at radius 2 is 1.87 bits per heavy atom. The molecule has 2 saturated heterocycles. The number of fused-ring (bicyclic) bond motifs is 1. The predicted octanol–water partition coefficient (Wildman–Crippen LogP) is 4.91. The third-order valence-corrected chi connectivity index (χ3v) is 6.62. The van der Waals surface area contributed by atoms with Gasteiger partial charge in [-0.3, -0.25) is 4.98 Å². The van der Waals surface area contributed by atoms with Crippen molar-refractivity contribution in [2.45, 2.75) is 70.6 Å².